The van der Waals surface area contributed by atoms with Gasteiger partial charge in [-0.15, -0.1) is 0 Å². The molecule has 1 unspecified atom stereocenters. The van der Waals surface area contributed by atoms with E-state index in [-0.39, 0.29) is 31.0 Å². The first-order valence-corrected chi connectivity index (χ1v) is 13.0. The molecule has 1 atom stereocenters. The number of carbonyl (C=O) groups is 3. The number of carbonyl (C=O) groups excluding carboxylic acids is 3. The number of rotatable bonds is 16. The molecule has 0 radical (unpaired) electrons. The smallest absolute Gasteiger partial charge is 0.340 e. The van der Waals surface area contributed by atoms with Gasteiger partial charge in [-0.05, 0) is 19.1 Å². The second-order valence-corrected chi connectivity index (χ2v) is 10.2. The molecule has 1 aromatic heterocycles. The minimum atomic E-state index is -1.10. The zero-order valence-electron chi connectivity index (χ0n) is 18.9. The molecule has 0 spiro atoms. The Hall–Kier alpha value is -1.82. The third-order valence-electron chi connectivity index (χ3n) is 4.19. The summed E-state index contributed by atoms with van der Waals surface area (Å²) in [5.41, 5.74) is 4.89. The summed E-state index contributed by atoms with van der Waals surface area (Å²) in [5.74, 6) is 0.364. The predicted molar refractivity (Wildman–Crippen MR) is 128 cm³/mol. The lowest BCUT2D eigenvalue weighted by molar-refractivity contribution is -0.139. The molecule has 0 fully saturated rings. The van der Waals surface area contributed by atoms with Crippen LogP contribution in [0.4, 0.5) is 0 Å². The van der Waals surface area contributed by atoms with E-state index in [0.29, 0.717) is 19.7 Å². The fraction of sp³-hybridized carbons (Fsp3) is 0.619. The van der Waals surface area contributed by atoms with Gasteiger partial charge < -0.3 is 25.8 Å². The molecule has 9 nitrogen and oxygen atoms in total. The molecule has 0 saturated carbocycles. The second-order valence-electron chi connectivity index (χ2n) is 7.48. The summed E-state index contributed by atoms with van der Waals surface area (Å²) < 4.78 is 11.0. The Morgan fingerprint density at radius 3 is 2.59 bits per heavy atom. The third-order valence-corrected chi connectivity index (χ3v) is 6.63. The summed E-state index contributed by atoms with van der Waals surface area (Å²) in [6.07, 6.45) is 1.95. The molecule has 0 aliphatic rings. The van der Waals surface area contributed by atoms with E-state index < -0.39 is 23.4 Å². The van der Waals surface area contributed by atoms with Crippen molar-refractivity contribution >= 4 is 39.4 Å². The summed E-state index contributed by atoms with van der Waals surface area (Å²) in [7, 11) is 3.32. The minimum Gasteiger partial charge on any atom is -0.448 e. The largest absolute Gasteiger partial charge is 0.448 e. The number of hydrogen-bond donors (Lipinski definition) is 3. The Balaban J connectivity index is 2.58. The fourth-order valence-electron chi connectivity index (χ4n) is 2.55. The lowest BCUT2D eigenvalue weighted by Crippen LogP contribution is -2.49. The van der Waals surface area contributed by atoms with E-state index in [1.807, 2.05) is 6.92 Å². The SMILES string of the molecule is CCOCC(C)(C)C(OC(=O)c1cccnc1)C(=O)NCCC(=O)NCCSSCCN. The van der Waals surface area contributed by atoms with Crippen LogP contribution in [0.2, 0.25) is 0 Å². The molecule has 0 aromatic carbocycles. The molecule has 0 aliphatic carbocycles. The fourth-order valence-corrected chi connectivity index (χ4v) is 4.31. The van der Waals surface area contributed by atoms with Crippen molar-refractivity contribution in [3.63, 3.8) is 0 Å². The monoisotopic (exact) mass is 486 g/mol. The van der Waals surface area contributed by atoms with E-state index in [9.17, 15) is 14.4 Å². The van der Waals surface area contributed by atoms with E-state index in [2.05, 4.69) is 15.6 Å². The van der Waals surface area contributed by atoms with Gasteiger partial charge in [0.15, 0.2) is 6.10 Å². The zero-order valence-corrected chi connectivity index (χ0v) is 20.6. The number of nitrogens with zero attached hydrogens (tertiary/aromatic N) is 1. The highest BCUT2D eigenvalue weighted by Crippen LogP contribution is 2.25. The Morgan fingerprint density at radius 2 is 1.94 bits per heavy atom. The molecule has 1 heterocycles. The molecule has 4 N–H and O–H groups in total. The Kier molecular flexibility index (Phi) is 14.0. The molecular weight excluding hydrogens is 452 g/mol. The average molecular weight is 487 g/mol. The summed E-state index contributed by atoms with van der Waals surface area (Å²) in [6.45, 7) is 7.42. The number of esters is 1. The van der Waals surface area contributed by atoms with Gasteiger partial charge in [-0.1, -0.05) is 35.4 Å². The van der Waals surface area contributed by atoms with Crippen molar-refractivity contribution in [2.24, 2.45) is 11.1 Å². The molecule has 11 heteroatoms. The quantitative estimate of drug-likeness (QED) is 0.181. The maximum atomic E-state index is 12.9. The maximum Gasteiger partial charge on any atom is 0.340 e. The first-order valence-electron chi connectivity index (χ1n) is 10.5. The van der Waals surface area contributed by atoms with Crippen molar-refractivity contribution in [3.8, 4) is 0 Å². The van der Waals surface area contributed by atoms with Gasteiger partial charge >= 0.3 is 5.97 Å². The van der Waals surface area contributed by atoms with E-state index in [0.717, 1.165) is 11.5 Å². The average Bonchev–Trinajstić information content (AvgIpc) is 2.78. The van der Waals surface area contributed by atoms with Gasteiger partial charge in [-0.2, -0.15) is 0 Å². The van der Waals surface area contributed by atoms with Gasteiger partial charge in [0.25, 0.3) is 5.91 Å². The van der Waals surface area contributed by atoms with Crippen molar-refractivity contribution < 1.29 is 23.9 Å². The summed E-state index contributed by atoms with van der Waals surface area (Å²) in [6, 6.07) is 3.18. The molecule has 0 bridgehead atoms. The van der Waals surface area contributed by atoms with Crippen LogP contribution in [-0.4, -0.2) is 73.2 Å². The number of aromatic nitrogens is 1. The summed E-state index contributed by atoms with van der Waals surface area (Å²) in [4.78, 5) is 41.2. The van der Waals surface area contributed by atoms with E-state index in [1.165, 1.54) is 6.20 Å². The van der Waals surface area contributed by atoms with Gasteiger partial charge in [-0.3, -0.25) is 14.6 Å². The van der Waals surface area contributed by atoms with Crippen LogP contribution in [0.3, 0.4) is 0 Å². The summed E-state index contributed by atoms with van der Waals surface area (Å²) >= 11 is 0. The second kappa shape index (κ2) is 15.9. The molecule has 0 saturated heterocycles. The normalized spacial score (nSPS) is 12.1. The summed E-state index contributed by atoms with van der Waals surface area (Å²) in [5, 5.41) is 5.51. The molecule has 2 amide bonds. The van der Waals surface area contributed by atoms with Crippen molar-refractivity contribution in [2.75, 3.05) is 44.4 Å². The molecule has 0 aliphatic heterocycles. The van der Waals surface area contributed by atoms with Crippen molar-refractivity contribution in [1.82, 2.24) is 15.6 Å². The predicted octanol–water partition coefficient (Wildman–Crippen LogP) is 1.63. The Bertz CT molecular complexity index is 707. The van der Waals surface area contributed by atoms with Gasteiger partial charge in [-0.25, -0.2) is 4.79 Å². The first kappa shape index (κ1) is 28.2. The number of ether oxygens (including phenoxy) is 2. The van der Waals surface area contributed by atoms with Gasteiger partial charge in [0.1, 0.15) is 0 Å². The van der Waals surface area contributed by atoms with Crippen LogP contribution in [0.25, 0.3) is 0 Å². The minimum absolute atomic E-state index is 0.126. The van der Waals surface area contributed by atoms with Crippen LogP contribution in [0.1, 0.15) is 37.6 Å². The highest BCUT2D eigenvalue weighted by molar-refractivity contribution is 8.76. The van der Waals surface area contributed by atoms with E-state index >= 15 is 0 Å². The number of nitrogens with two attached hydrogens (primary N) is 1. The van der Waals surface area contributed by atoms with Crippen LogP contribution >= 0.6 is 21.6 Å². The molecular formula is C21H34N4O5S2. The molecule has 180 valence electrons. The zero-order chi connectivity index (χ0) is 23.8. The Morgan fingerprint density at radius 1 is 1.19 bits per heavy atom. The van der Waals surface area contributed by atoms with Gasteiger partial charge in [0.2, 0.25) is 5.91 Å². The molecule has 1 rings (SSSR count). The van der Waals surface area contributed by atoms with Crippen LogP contribution in [-0.2, 0) is 19.1 Å². The molecule has 1 aromatic rings. The van der Waals surface area contributed by atoms with Crippen LogP contribution in [0.5, 0.6) is 0 Å². The van der Waals surface area contributed by atoms with Gasteiger partial charge in [0, 0.05) is 62.0 Å². The topological polar surface area (TPSA) is 133 Å². The lowest BCUT2D eigenvalue weighted by Gasteiger charge is -2.32. The van der Waals surface area contributed by atoms with Crippen molar-refractivity contribution in [2.45, 2.75) is 33.3 Å². The first-order chi connectivity index (χ1) is 15.3. The number of hydrogen-bond acceptors (Lipinski definition) is 9. The van der Waals surface area contributed by atoms with E-state index in [1.54, 1.807) is 53.8 Å². The van der Waals surface area contributed by atoms with E-state index in [4.69, 9.17) is 15.2 Å². The number of amides is 2. The van der Waals surface area contributed by atoms with Crippen LogP contribution < -0.4 is 16.4 Å². The Labute approximate surface area is 197 Å². The number of pyridine rings is 1. The highest BCUT2D eigenvalue weighted by atomic mass is 33.1. The van der Waals surface area contributed by atoms with Crippen molar-refractivity contribution in [3.05, 3.63) is 30.1 Å². The standard InChI is InChI=1S/C21H34N4O5S2/c1-4-29-15-21(2,3)18(30-20(28)16-6-5-9-23-14-16)19(27)25-10-7-17(26)24-11-13-32-31-12-8-22/h5-6,9,14,18H,4,7-8,10-13,15,22H2,1-3H3,(H,24,26)(H,25,27). The number of nitrogens with one attached hydrogen (secondary N) is 2. The lowest BCUT2D eigenvalue weighted by atomic mass is 9.86. The third kappa shape index (κ3) is 11.2. The van der Waals surface area contributed by atoms with Gasteiger partial charge in [0.05, 0.1) is 12.2 Å². The molecule has 32 heavy (non-hydrogen) atoms. The van der Waals surface area contributed by atoms with Crippen LogP contribution in [0.15, 0.2) is 24.5 Å². The van der Waals surface area contributed by atoms with Crippen LogP contribution in [0, 0.1) is 5.41 Å². The maximum absolute atomic E-state index is 12.9. The van der Waals surface area contributed by atoms with Crippen molar-refractivity contribution in [1.29, 1.82) is 0 Å². The highest BCUT2D eigenvalue weighted by Gasteiger charge is 2.39.